The first-order valence-electron chi connectivity index (χ1n) is 18.1. The molecular formula is C48H30N6. The van der Waals surface area contributed by atoms with E-state index >= 15 is 0 Å². The van der Waals surface area contributed by atoms with E-state index < -0.39 is 0 Å². The highest BCUT2D eigenvalue weighted by Crippen LogP contribution is 2.46. The predicted molar refractivity (Wildman–Crippen MR) is 219 cm³/mol. The quantitative estimate of drug-likeness (QED) is 0.180. The molecule has 6 heteroatoms. The fourth-order valence-electron chi connectivity index (χ4n) is 7.99. The van der Waals surface area contributed by atoms with Crippen LogP contribution in [0.1, 0.15) is 0 Å². The molecule has 9 aromatic rings. The van der Waals surface area contributed by atoms with E-state index in [-0.39, 0.29) is 0 Å². The molecule has 0 atom stereocenters. The number of rotatable bonds is 5. The first kappa shape index (κ1) is 30.2. The van der Waals surface area contributed by atoms with Crippen molar-refractivity contribution in [2.45, 2.75) is 0 Å². The van der Waals surface area contributed by atoms with Crippen molar-refractivity contribution in [2.24, 2.45) is 0 Å². The van der Waals surface area contributed by atoms with Crippen LogP contribution in [0.25, 0.3) is 101 Å². The summed E-state index contributed by atoms with van der Waals surface area (Å²) in [4.78, 5) is 20.7. The Hall–Kier alpha value is -7.44. The summed E-state index contributed by atoms with van der Waals surface area (Å²) in [5.41, 5.74) is 10.5. The Balaban J connectivity index is 1.24. The second-order valence-corrected chi connectivity index (χ2v) is 13.5. The Bertz CT molecular complexity index is 3090. The van der Waals surface area contributed by atoms with E-state index in [1.54, 1.807) is 0 Å². The number of para-hydroxylation sites is 4. The molecule has 54 heavy (non-hydrogen) atoms. The third-order valence-electron chi connectivity index (χ3n) is 10.4. The molecule has 0 aliphatic carbocycles. The second-order valence-electron chi connectivity index (χ2n) is 13.5. The fourth-order valence-corrected chi connectivity index (χ4v) is 7.99. The molecule has 11 rings (SSSR count). The van der Waals surface area contributed by atoms with Crippen molar-refractivity contribution in [1.82, 2.24) is 29.1 Å². The van der Waals surface area contributed by atoms with E-state index in [0.717, 1.165) is 66.7 Å². The normalized spacial score (nSPS) is 11.7. The topological polar surface area (TPSA) is 61.4 Å². The summed E-state index contributed by atoms with van der Waals surface area (Å²) in [7, 11) is 0. The van der Waals surface area contributed by atoms with Gasteiger partial charge in [0.05, 0.1) is 22.1 Å². The van der Waals surface area contributed by atoms with Crippen LogP contribution in [0.4, 0.5) is 0 Å². The summed E-state index contributed by atoms with van der Waals surface area (Å²) < 4.78 is 4.48. The molecule has 2 aliphatic rings. The molecule has 0 saturated heterocycles. The molecule has 0 amide bonds. The van der Waals surface area contributed by atoms with Crippen LogP contribution in [0.15, 0.2) is 182 Å². The highest BCUT2D eigenvalue weighted by molar-refractivity contribution is 6.16. The van der Waals surface area contributed by atoms with Crippen molar-refractivity contribution in [1.29, 1.82) is 0 Å². The lowest BCUT2D eigenvalue weighted by molar-refractivity contribution is 0.919. The van der Waals surface area contributed by atoms with Crippen LogP contribution in [0, 0.1) is 0 Å². The standard InChI is InChI=1S/C48H30N6/c1-4-16-31(17-5-1)45-50-46(32-18-6-2-7-19-32)52-48(51-45)54-41-27-15-12-24-37(41)43(44-36-23-10-13-25-39(36)49-47(44)54)33-28-29-42-38(30-33)35-22-11-14-26-40(35)53(42)34-20-8-3-9-21-34/h1-30H. The molecule has 2 aliphatic heterocycles. The summed E-state index contributed by atoms with van der Waals surface area (Å²) in [6.07, 6.45) is 0. The molecule has 0 unspecified atom stereocenters. The van der Waals surface area contributed by atoms with Gasteiger partial charge in [-0.05, 0) is 48.0 Å². The van der Waals surface area contributed by atoms with Crippen molar-refractivity contribution >= 4 is 43.6 Å². The van der Waals surface area contributed by atoms with Gasteiger partial charge in [-0.2, -0.15) is 9.97 Å². The minimum absolute atomic E-state index is 0.514. The van der Waals surface area contributed by atoms with Gasteiger partial charge in [0, 0.05) is 49.5 Å². The number of fused-ring (bicyclic) bond motifs is 7. The second kappa shape index (κ2) is 12.1. The molecule has 6 nitrogen and oxygen atoms in total. The molecule has 0 N–H and O–H groups in total. The number of benzene rings is 7. The summed E-state index contributed by atoms with van der Waals surface area (Å²) >= 11 is 0. The Labute approximate surface area is 310 Å². The van der Waals surface area contributed by atoms with Crippen LogP contribution >= 0.6 is 0 Å². The predicted octanol–water partition coefficient (Wildman–Crippen LogP) is 11.6. The van der Waals surface area contributed by atoms with Gasteiger partial charge in [0.2, 0.25) is 5.95 Å². The van der Waals surface area contributed by atoms with Gasteiger partial charge in [0.25, 0.3) is 0 Å². The smallest absolute Gasteiger partial charge is 0.240 e. The van der Waals surface area contributed by atoms with E-state index in [4.69, 9.17) is 19.9 Å². The highest BCUT2D eigenvalue weighted by atomic mass is 15.2. The molecule has 4 heterocycles. The van der Waals surface area contributed by atoms with Gasteiger partial charge in [-0.25, -0.2) is 9.97 Å². The number of nitrogens with zero attached hydrogens (tertiary/aromatic N) is 6. The molecule has 0 fully saturated rings. The first-order valence-corrected chi connectivity index (χ1v) is 18.1. The average molecular weight is 691 g/mol. The number of aromatic nitrogens is 6. The lowest BCUT2D eigenvalue weighted by atomic mass is 9.92. The third-order valence-corrected chi connectivity index (χ3v) is 10.4. The summed E-state index contributed by atoms with van der Waals surface area (Å²) in [6, 6.07) is 63.3. The summed E-state index contributed by atoms with van der Waals surface area (Å²) in [6.45, 7) is 0. The zero-order chi connectivity index (χ0) is 35.6. The van der Waals surface area contributed by atoms with Crippen molar-refractivity contribution in [3.63, 3.8) is 0 Å². The van der Waals surface area contributed by atoms with E-state index in [1.807, 2.05) is 66.7 Å². The lowest BCUT2D eigenvalue weighted by Crippen LogP contribution is -2.11. The van der Waals surface area contributed by atoms with Gasteiger partial charge in [-0.15, -0.1) is 0 Å². The minimum Gasteiger partial charge on any atom is -0.309 e. The van der Waals surface area contributed by atoms with Gasteiger partial charge in [0.1, 0.15) is 5.82 Å². The number of hydrogen-bond acceptors (Lipinski definition) is 4. The molecular weight excluding hydrogens is 661 g/mol. The highest BCUT2D eigenvalue weighted by Gasteiger charge is 2.27. The van der Waals surface area contributed by atoms with Crippen molar-refractivity contribution in [3.05, 3.63) is 182 Å². The van der Waals surface area contributed by atoms with E-state index in [1.165, 1.54) is 16.3 Å². The maximum Gasteiger partial charge on any atom is 0.240 e. The fraction of sp³-hybridized carbons (Fsp3) is 0. The minimum atomic E-state index is 0.514. The van der Waals surface area contributed by atoms with Crippen LogP contribution in [-0.2, 0) is 0 Å². The number of hydrogen-bond donors (Lipinski definition) is 0. The van der Waals surface area contributed by atoms with Crippen molar-refractivity contribution in [2.75, 3.05) is 0 Å². The van der Waals surface area contributed by atoms with Crippen LogP contribution in [0.5, 0.6) is 0 Å². The SMILES string of the molecule is c1ccc(-c2nc(-c3ccccc3)nc(-n3c4nc5ccccc5c-4c(-c4ccc5c(c4)c4ccccc4n5-c4ccccc4)c4ccccc43)n2)cc1. The zero-order valence-corrected chi connectivity index (χ0v) is 29.0. The largest absolute Gasteiger partial charge is 0.309 e. The van der Waals surface area contributed by atoms with Crippen molar-refractivity contribution in [3.8, 4) is 56.9 Å². The molecule has 0 saturated carbocycles. The van der Waals surface area contributed by atoms with Gasteiger partial charge in [-0.1, -0.05) is 140 Å². The van der Waals surface area contributed by atoms with E-state index in [0.29, 0.717) is 17.6 Å². The van der Waals surface area contributed by atoms with Crippen LogP contribution < -0.4 is 0 Å². The Kier molecular flexibility index (Phi) is 6.75. The monoisotopic (exact) mass is 690 g/mol. The average Bonchev–Trinajstić information content (AvgIpc) is 3.79. The van der Waals surface area contributed by atoms with Gasteiger partial charge in [-0.3, -0.25) is 4.57 Å². The van der Waals surface area contributed by atoms with Gasteiger partial charge >= 0.3 is 0 Å². The van der Waals surface area contributed by atoms with Crippen LogP contribution in [0.2, 0.25) is 0 Å². The Morgan fingerprint density at radius 2 is 0.870 bits per heavy atom. The summed E-state index contributed by atoms with van der Waals surface area (Å²) in [5, 5.41) is 4.57. The lowest BCUT2D eigenvalue weighted by Gasteiger charge is -2.20. The Morgan fingerprint density at radius 3 is 1.56 bits per heavy atom. The van der Waals surface area contributed by atoms with Gasteiger partial charge < -0.3 is 4.57 Å². The zero-order valence-electron chi connectivity index (χ0n) is 29.0. The van der Waals surface area contributed by atoms with E-state index in [9.17, 15) is 0 Å². The molecule has 0 bridgehead atoms. The van der Waals surface area contributed by atoms with Crippen LogP contribution in [0.3, 0.4) is 0 Å². The third kappa shape index (κ3) is 4.67. The van der Waals surface area contributed by atoms with Crippen molar-refractivity contribution < 1.29 is 0 Å². The van der Waals surface area contributed by atoms with E-state index in [2.05, 4.69) is 124 Å². The molecule has 0 radical (unpaired) electrons. The molecule has 2 aromatic heterocycles. The summed E-state index contributed by atoms with van der Waals surface area (Å²) in [5.74, 6) is 2.51. The molecule has 0 spiro atoms. The maximum atomic E-state index is 5.35. The first-order chi connectivity index (χ1) is 26.8. The van der Waals surface area contributed by atoms with Gasteiger partial charge in [0.15, 0.2) is 11.6 Å². The Morgan fingerprint density at radius 1 is 0.333 bits per heavy atom. The number of pyridine rings is 1. The van der Waals surface area contributed by atoms with Crippen LogP contribution in [-0.4, -0.2) is 29.1 Å². The maximum absolute atomic E-state index is 5.35. The molecule has 252 valence electrons. The molecule has 7 aromatic carbocycles.